The SMILES string of the molecule is CCNC(Cc1nccs1)c1c(F)cccc1Cl. The molecule has 0 bridgehead atoms. The highest BCUT2D eigenvalue weighted by Gasteiger charge is 2.19. The lowest BCUT2D eigenvalue weighted by molar-refractivity contribution is 0.509. The predicted molar refractivity (Wildman–Crippen MR) is 73.6 cm³/mol. The molecular formula is C13H14ClFN2S. The van der Waals surface area contributed by atoms with Crippen LogP contribution in [0.25, 0.3) is 0 Å². The van der Waals surface area contributed by atoms with Gasteiger partial charge in [0.05, 0.1) is 5.01 Å². The summed E-state index contributed by atoms with van der Waals surface area (Å²) in [4.78, 5) is 4.24. The molecule has 1 atom stereocenters. The first-order chi connectivity index (χ1) is 8.72. The summed E-state index contributed by atoms with van der Waals surface area (Å²) in [5, 5.41) is 6.61. The van der Waals surface area contributed by atoms with Crippen molar-refractivity contribution in [2.75, 3.05) is 6.54 Å². The van der Waals surface area contributed by atoms with E-state index in [0.717, 1.165) is 11.6 Å². The van der Waals surface area contributed by atoms with Gasteiger partial charge < -0.3 is 5.32 Å². The van der Waals surface area contributed by atoms with Crippen LogP contribution >= 0.6 is 22.9 Å². The van der Waals surface area contributed by atoms with Crippen molar-refractivity contribution in [1.82, 2.24) is 10.3 Å². The molecule has 0 aliphatic carbocycles. The van der Waals surface area contributed by atoms with Crippen LogP contribution in [-0.4, -0.2) is 11.5 Å². The van der Waals surface area contributed by atoms with Crippen LogP contribution in [0.3, 0.4) is 0 Å². The van der Waals surface area contributed by atoms with Crippen LogP contribution in [0.4, 0.5) is 4.39 Å². The maximum Gasteiger partial charge on any atom is 0.129 e. The monoisotopic (exact) mass is 284 g/mol. The molecule has 1 unspecified atom stereocenters. The molecule has 0 spiro atoms. The molecule has 2 aromatic rings. The van der Waals surface area contributed by atoms with E-state index in [1.165, 1.54) is 6.07 Å². The van der Waals surface area contributed by atoms with Gasteiger partial charge in [-0.25, -0.2) is 9.37 Å². The van der Waals surface area contributed by atoms with E-state index in [9.17, 15) is 4.39 Å². The Bertz CT molecular complexity index is 481. The first-order valence-corrected chi connectivity index (χ1v) is 7.03. The molecule has 5 heteroatoms. The molecule has 1 aromatic carbocycles. The fraction of sp³-hybridized carbons (Fsp3) is 0.308. The summed E-state index contributed by atoms with van der Waals surface area (Å²) in [6.07, 6.45) is 2.40. The number of rotatable bonds is 5. The number of hydrogen-bond donors (Lipinski definition) is 1. The van der Waals surface area contributed by atoms with E-state index in [1.54, 1.807) is 29.7 Å². The maximum absolute atomic E-state index is 13.9. The molecule has 2 nitrogen and oxygen atoms in total. The van der Waals surface area contributed by atoms with Gasteiger partial charge in [-0.3, -0.25) is 0 Å². The van der Waals surface area contributed by atoms with Gasteiger partial charge >= 0.3 is 0 Å². The summed E-state index contributed by atoms with van der Waals surface area (Å²) < 4.78 is 13.9. The van der Waals surface area contributed by atoms with E-state index in [2.05, 4.69) is 10.3 Å². The molecule has 0 saturated heterocycles. The van der Waals surface area contributed by atoms with Gasteiger partial charge in [-0.1, -0.05) is 24.6 Å². The molecule has 0 amide bonds. The van der Waals surface area contributed by atoms with Crippen molar-refractivity contribution in [3.8, 4) is 0 Å². The van der Waals surface area contributed by atoms with Crippen LogP contribution < -0.4 is 5.32 Å². The second-order valence-electron chi connectivity index (χ2n) is 3.88. The highest BCUT2D eigenvalue weighted by molar-refractivity contribution is 7.09. The van der Waals surface area contributed by atoms with Gasteiger partial charge in [0.2, 0.25) is 0 Å². The van der Waals surface area contributed by atoms with Gasteiger partial charge in [0.1, 0.15) is 5.82 Å². The third-order valence-corrected chi connectivity index (χ3v) is 3.79. The molecular weight excluding hydrogens is 271 g/mol. The van der Waals surface area contributed by atoms with Gasteiger partial charge in [-0.2, -0.15) is 0 Å². The molecule has 2 rings (SSSR count). The molecule has 0 aliphatic rings. The van der Waals surface area contributed by atoms with E-state index in [4.69, 9.17) is 11.6 Å². The van der Waals surface area contributed by atoms with Gasteiger partial charge in [-0.15, -0.1) is 11.3 Å². The number of aromatic nitrogens is 1. The first kappa shape index (κ1) is 13.5. The molecule has 0 radical (unpaired) electrons. The zero-order valence-corrected chi connectivity index (χ0v) is 11.6. The predicted octanol–water partition coefficient (Wildman–Crippen LogP) is 3.83. The Kier molecular flexibility index (Phi) is 4.69. The van der Waals surface area contributed by atoms with E-state index in [1.807, 2.05) is 12.3 Å². The van der Waals surface area contributed by atoms with E-state index < -0.39 is 0 Å². The quantitative estimate of drug-likeness (QED) is 0.903. The number of thiazole rings is 1. The third-order valence-electron chi connectivity index (χ3n) is 2.66. The van der Waals surface area contributed by atoms with Gasteiger partial charge in [0, 0.05) is 34.6 Å². The smallest absolute Gasteiger partial charge is 0.129 e. The summed E-state index contributed by atoms with van der Waals surface area (Å²) in [6.45, 7) is 2.74. The van der Waals surface area contributed by atoms with Crippen LogP contribution in [0.5, 0.6) is 0 Å². The Morgan fingerprint density at radius 2 is 2.33 bits per heavy atom. The number of likely N-dealkylation sites (N-methyl/N-ethyl adjacent to an activating group) is 1. The van der Waals surface area contributed by atoms with E-state index in [0.29, 0.717) is 17.0 Å². The molecule has 1 N–H and O–H groups in total. The molecule has 18 heavy (non-hydrogen) atoms. The molecule has 96 valence electrons. The highest BCUT2D eigenvalue weighted by atomic mass is 35.5. The minimum atomic E-state index is -0.273. The second kappa shape index (κ2) is 6.27. The number of nitrogens with zero attached hydrogens (tertiary/aromatic N) is 1. The number of hydrogen-bond acceptors (Lipinski definition) is 3. The highest BCUT2D eigenvalue weighted by Crippen LogP contribution is 2.28. The lowest BCUT2D eigenvalue weighted by atomic mass is 10.0. The second-order valence-corrected chi connectivity index (χ2v) is 5.26. The lowest BCUT2D eigenvalue weighted by Gasteiger charge is -2.19. The fourth-order valence-corrected chi connectivity index (χ4v) is 2.85. The van der Waals surface area contributed by atoms with E-state index >= 15 is 0 Å². The maximum atomic E-state index is 13.9. The largest absolute Gasteiger partial charge is 0.310 e. The van der Waals surface area contributed by atoms with Crippen LogP contribution in [0.1, 0.15) is 23.5 Å². The standard InChI is InChI=1S/C13H14ClFN2S/c1-2-16-11(8-12-17-6-7-18-12)13-9(14)4-3-5-10(13)15/h3-7,11,16H,2,8H2,1H3. The number of halogens is 2. The zero-order chi connectivity index (χ0) is 13.0. The van der Waals surface area contributed by atoms with Crippen LogP contribution in [0, 0.1) is 5.82 Å². The summed E-state index contributed by atoms with van der Waals surface area (Å²) >= 11 is 7.67. The fourth-order valence-electron chi connectivity index (χ4n) is 1.89. The Hall–Kier alpha value is -0.970. The minimum absolute atomic E-state index is 0.144. The van der Waals surface area contributed by atoms with Crippen LogP contribution in [0.15, 0.2) is 29.8 Å². The zero-order valence-electron chi connectivity index (χ0n) is 9.99. The van der Waals surface area contributed by atoms with Crippen LogP contribution in [0.2, 0.25) is 5.02 Å². The van der Waals surface area contributed by atoms with Gasteiger partial charge in [0.25, 0.3) is 0 Å². The molecule has 0 aliphatic heterocycles. The molecule has 1 aromatic heterocycles. The Balaban J connectivity index is 2.29. The van der Waals surface area contributed by atoms with E-state index in [-0.39, 0.29) is 11.9 Å². The summed E-state index contributed by atoms with van der Waals surface area (Å²) in [6, 6.07) is 4.63. The Morgan fingerprint density at radius 1 is 1.50 bits per heavy atom. The average molecular weight is 285 g/mol. The average Bonchev–Trinajstić information content (AvgIpc) is 2.82. The first-order valence-electron chi connectivity index (χ1n) is 5.78. The van der Waals surface area contributed by atoms with Crippen molar-refractivity contribution in [3.63, 3.8) is 0 Å². The Labute approximate surface area is 115 Å². The normalized spacial score (nSPS) is 12.6. The number of benzene rings is 1. The topological polar surface area (TPSA) is 24.9 Å². The third kappa shape index (κ3) is 3.07. The van der Waals surface area contributed by atoms with Crippen LogP contribution in [-0.2, 0) is 6.42 Å². The molecule has 1 heterocycles. The van der Waals surface area contributed by atoms with Crippen molar-refractivity contribution < 1.29 is 4.39 Å². The Morgan fingerprint density at radius 3 is 2.94 bits per heavy atom. The summed E-state index contributed by atoms with van der Waals surface area (Å²) in [5.74, 6) is -0.273. The lowest BCUT2D eigenvalue weighted by Crippen LogP contribution is -2.24. The van der Waals surface area contributed by atoms with Crippen molar-refractivity contribution in [1.29, 1.82) is 0 Å². The number of nitrogens with one attached hydrogen (secondary N) is 1. The van der Waals surface area contributed by atoms with Crippen molar-refractivity contribution in [2.45, 2.75) is 19.4 Å². The van der Waals surface area contributed by atoms with Gasteiger partial charge in [-0.05, 0) is 18.7 Å². The molecule has 0 saturated carbocycles. The van der Waals surface area contributed by atoms with Gasteiger partial charge in [0.15, 0.2) is 0 Å². The van der Waals surface area contributed by atoms with Crippen molar-refractivity contribution in [3.05, 3.63) is 51.2 Å². The summed E-state index contributed by atoms with van der Waals surface area (Å²) in [7, 11) is 0. The summed E-state index contributed by atoms with van der Waals surface area (Å²) in [5.41, 5.74) is 0.524. The van der Waals surface area contributed by atoms with Crippen molar-refractivity contribution >= 4 is 22.9 Å². The molecule has 0 fully saturated rings. The minimum Gasteiger partial charge on any atom is -0.310 e. The van der Waals surface area contributed by atoms with Crippen molar-refractivity contribution in [2.24, 2.45) is 0 Å².